The third-order valence-corrected chi connectivity index (χ3v) is 2.73. The number of carboxylic acids is 1. The molecule has 0 saturated carbocycles. The first-order chi connectivity index (χ1) is 9.52. The fourth-order valence-corrected chi connectivity index (χ4v) is 1.90. The molecule has 2 rings (SSSR count). The zero-order valence-corrected chi connectivity index (χ0v) is 10.4. The van der Waals surface area contributed by atoms with Crippen LogP contribution in [0.15, 0.2) is 48.5 Å². The number of benzene rings is 2. The van der Waals surface area contributed by atoms with Gasteiger partial charge in [-0.15, -0.1) is 0 Å². The van der Waals surface area contributed by atoms with Crippen LogP contribution in [0.5, 0.6) is 0 Å². The summed E-state index contributed by atoms with van der Waals surface area (Å²) < 4.78 is 0. The zero-order valence-electron chi connectivity index (χ0n) is 10.4. The maximum Gasteiger partial charge on any atom is 0.416 e. The van der Waals surface area contributed by atoms with Crippen molar-refractivity contribution < 1.29 is 19.8 Å². The van der Waals surface area contributed by atoms with Crippen molar-refractivity contribution >= 4 is 29.1 Å². The van der Waals surface area contributed by atoms with Gasteiger partial charge >= 0.3 is 12.1 Å². The molecule has 102 valence electrons. The molecule has 2 aromatic rings. The molecular formula is C14H12N2O4. The number of rotatable bonds is 3. The average Bonchev–Trinajstić information content (AvgIpc) is 2.41. The Kier molecular flexibility index (Phi) is 3.56. The highest BCUT2D eigenvalue weighted by Crippen LogP contribution is 2.33. The lowest BCUT2D eigenvalue weighted by molar-refractivity contribution is 0.0698. The molecule has 0 spiro atoms. The van der Waals surface area contributed by atoms with Crippen molar-refractivity contribution in [2.24, 2.45) is 0 Å². The Bertz CT molecular complexity index is 655. The monoisotopic (exact) mass is 272 g/mol. The van der Waals surface area contributed by atoms with E-state index in [-0.39, 0.29) is 16.9 Å². The molecular weight excluding hydrogens is 260 g/mol. The van der Waals surface area contributed by atoms with Crippen molar-refractivity contribution in [3.05, 3.63) is 54.1 Å². The van der Waals surface area contributed by atoms with Crippen molar-refractivity contribution in [3.63, 3.8) is 0 Å². The summed E-state index contributed by atoms with van der Waals surface area (Å²) in [5, 5.41) is 18.6. The van der Waals surface area contributed by atoms with Crippen molar-refractivity contribution in [3.8, 4) is 0 Å². The van der Waals surface area contributed by atoms with E-state index in [1.807, 2.05) is 0 Å². The molecule has 0 saturated heterocycles. The quantitative estimate of drug-likeness (QED) is 0.745. The molecule has 0 aliphatic rings. The number of nitrogens with zero attached hydrogens (tertiary/aromatic N) is 1. The Balaban J connectivity index is 2.68. The maximum atomic E-state index is 11.5. The van der Waals surface area contributed by atoms with Gasteiger partial charge in [0, 0.05) is 0 Å². The number of hydrogen-bond donors (Lipinski definition) is 3. The van der Waals surface area contributed by atoms with Crippen molar-refractivity contribution in [1.29, 1.82) is 0 Å². The highest BCUT2D eigenvalue weighted by Gasteiger charge is 2.24. The van der Waals surface area contributed by atoms with Crippen molar-refractivity contribution in [1.82, 2.24) is 0 Å². The number of carbonyl (C=O) groups is 2. The predicted molar refractivity (Wildman–Crippen MR) is 74.4 cm³/mol. The van der Waals surface area contributed by atoms with Gasteiger partial charge in [-0.3, -0.25) is 0 Å². The molecule has 0 fully saturated rings. The topological polar surface area (TPSA) is 104 Å². The van der Waals surface area contributed by atoms with Crippen LogP contribution in [0.2, 0.25) is 0 Å². The molecule has 6 heteroatoms. The number of amides is 1. The molecule has 0 bridgehead atoms. The highest BCUT2D eigenvalue weighted by atomic mass is 16.4. The van der Waals surface area contributed by atoms with Gasteiger partial charge in [0.2, 0.25) is 0 Å². The molecule has 0 atom stereocenters. The third-order valence-electron chi connectivity index (χ3n) is 2.73. The minimum Gasteiger partial charge on any atom is -0.478 e. The minimum absolute atomic E-state index is 0.0568. The number of nitrogen functional groups attached to an aromatic ring is 1. The van der Waals surface area contributed by atoms with Crippen LogP contribution in [0.3, 0.4) is 0 Å². The summed E-state index contributed by atoms with van der Waals surface area (Å²) in [6.07, 6.45) is -1.31. The van der Waals surface area contributed by atoms with Crippen molar-refractivity contribution in [2.75, 3.05) is 10.6 Å². The van der Waals surface area contributed by atoms with Gasteiger partial charge in [-0.2, -0.15) is 0 Å². The molecule has 0 radical (unpaired) electrons. The van der Waals surface area contributed by atoms with Crippen LogP contribution in [0.1, 0.15) is 10.4 Å². The lowest BCUT2D eigenvalue weighted by Gasteiger charge is -2.22. The Morgan fingerprint density at radius 2 is 1.60 bits per heavy atom. The lowest BCUT2D eigenvalue weighted by atomic mass is 10.1. The van der Waals surface area contributed by atoms with Crippen molar-refractivity contribution in [2.45, 2.75) is 0 Å². The van der Waals surface area contributed by atoms with Gasteiger partial charge in [0.15, 0.2) is 0 Å². The number of anilines is 3. The van der Waals surface area contributed by atoms with Crippen LogP contribution in [0.25, 0.3) is 0 Å². The fourth-order valence-electron chi connectivity index (χ4n) is 1.90. The fraction of sp³-hybridized carbons (Fsp3) is 0. The van der Waals surface area contributed by atoms with Gasteiger partial charge in [0.1, 0.15) is 0 Å². The number of hydrogen-bond acceptors (Lipinski definition) is 3. The molecule has 0 aliphatic heterocycles. The highest BCUT2D eigenvalue weighted by molar-refractivity contribution is 6.06. The van der Waals surface area contributed by atoms with Gasteiger partial charge < -0.3 is 15.9 Å². The molecule has 0 aliphatic carbocycles. The van der Waals surface area contributed by atoms with Crippen LogP contribution in [-0.4, -0.2) is 22.3 Å². The predicted octanol–water partition coefficient (Wildman–Crippen LogP) is 2.78. The smallest absolute Gasteiger partial charge is 0.416 e. The molecule has 1 amide bonds. The van der Waals surface area contributed by atoms with Crippen LogP contribution in [0, 0.1) is 0 Å². The minimum atomic E-state index is -1.31. The van der Waals surface area contributed by atoms with E-state index in [4.69, 9.17) is 5.73 Å². The molecule has 0 aromatic heterocycles. The second-order valence-corrected chi connectivity index (χ2v) is 4.00. The summed E-state index contributed by atoms with van der Waals surface area (Å²) in [4.78, 5) is 23.6. The van der Waals surface area contributed by atoms with E-state index in [0.717, 1.165) is 4.90 Å². The van der Waals surface area contributed by atoms with E-state index in [1.165, 1.54) is 18.2 Å². The Labute approximate surface area is 114 Å². The van der Waals surface area contributed by atoms with Crippen LogP contribution in [0.4, 0.5) is 21.9 Å². The molecule has 0 unspecified atom stereocenters. The first-order valence-corrected chi connectivity index (χ1v) is 5.72. The van der Waals surface area contributed by atoms with E-state index in [2.05, 4.69) is 0 Å². The largest absolute Gasteiger partial charge is 0.478 e. The molecule has 0 heterocycles. The molecule has 6 nitrogen and oxygen atoms in total. The second-order valence-electron chi connectivity index (χ2n) is 4.00. The van der Waals surface area contributed by atoms with Gasteiger partial charge in [-0.25, -0.2) is 14.5 Å². The summed E-state index contributed by atoms with van der Waals surface area (Å²) in [5.41, 5.74) is 5.94. The SMILES string of the molecule is Nc1cccc(C(=O)O)c1N(C(=O)O)c1ccccc1. The van der Waals surface area contributed by atoms with Gasteiger partial charge in [0.05, 0.1) is 22.6 Å². The van der Waals surface area contributed by atoms with Crippen LogP contribution < -0.4 is 10.6 Å². The normalized spacial score (nSPS) is 10.0. The lowest BCUT2D eigenvalue weighted by Crippen LogP contribution is -2.26. The number of aromatic carboxylic acids is 1. The van der Waals surface area contributed by atoms with E-state index in [1.54, 1.807) is 30.3 Å². The average molecular weight is 272 g/mol. The summed E-state index contributed by atoms with van der Waals surface area (Å²) >= 11 is 0. The number of carboxylic acid groups (broad SMARTS) is 2. The van der Waals surface area contributed by atoms with Gasteiger partial charge in [-0.05, 0) is 24.3 Å². The summed E-state index contributed by atoms with van der Waals surface area (Å²) in [6, 6.07) is 12.4. The Morgan fingerprint density at radius 1 is 0.950 bits per heavy atom. The summed E-state index contributed by atoms with van der Waals surface area (Å²) in [6.45, 7) is 0. The molecule has 4 N–H and O–H groups in total. The van der Waals surface area contributed by atoms with Gasteiger partial charge in [0.25, 0.3) is 0 Å². The first-order valence-electron chi connectivity index (χ1n) is 5.72. The maximum absolute atomic E-state index is 11.5. The van der Waals surface area contributed by atoms with E-state index in [0.29, 0.717) is 5.69 Å². The molecule has 20 heavy (non-hydrogen) atoms. The van der Waals surface area contributed by atoms with Gasteiger partial charge in [-0.1, -0.05) is 24.3 Å². The standard InChI is InChI=1S/C14H12N2O4/c15-11-8-4-7-10(13(17)18)12(11)16(14(19)20)9-5-2-1-3-6-9/h1-8H,15H2,(H,17,18)(H,19,20). The van der Waals surface area contributed by atoms with E-state index >= 15 is 0 Å². The van der Waals surface area contributed by atoms with E-state index < -0.39 is 12.1 Å². The summed E-state index contributed by atoms with van der Waals surface area (Å²) in [5.74, 6) is -1.24. The van der Waals surface area contributed by atoms with Crippen LogP contribution >= 0.6 is 0 Å². The summed E-state index contributed by atoms with van der Waals surface area (Å²) in [7, 11) is 0. The number of para-hydroxylation sites is 2. The third kappa shape index (κ3) is 2.39. The first kappa shape index (κ1) is 13.4. The molecule has 2 aromatic carbocycles. The number of nitrogens with two attached hydrogens (primary N) is 1. The Hall–Kier alpha value is -3.02. The second kappa shape index (κ2) is 5.31. The van der Waals surface area contributed by atoms with E-state index in [9.17, 15) is 19.8 Å². The van der Waals surface area contributed by atoms with Crippen LogP contribution in [-0.2, 0) is 0 Å². The Morgan fingerprint density at radius 3 is 2.15 bits per heavy atom. The zero-order chi connectivity index (χ0) is 14.7.